The normalized spacial score (nSPS) is 27.8. The smallest absolute Gasteiger partial charge is 0.225 e. The highest BCUT2D eigenvalue weighted by Crippen LogP contribution is 2.24. The third-order valence-electron chi connectivity index (χ3n) is 4.47. The van der Waals surface area contributed by atoms with Crippen LogP contribution >= 0.6 is 0 Å². The van der Waals surface area contributed by atoms with Gasteiger partial charge >= 0.3 is 0 Å². The minimum Gasteiger partial charge on any atom is -0.342 e. The largest absolute Gasteiger partial charge is 0.342 e. The van der Waals surface area contributed by atoms with Crippen LogP contribution in [0.15, 0.2) is 0 Å². The lowest BCUT2D eigenvalue weighted by Gasteiger charge is -2.42. The number of amides is 1. The third-order valence-corrected chi connectivity index (χ3v) is 4.47. The van der Waals surface area contributed by atoms with Gasteiger partial charge < -0.3 is 4.90 Å². The standard InChI is InChI=1S/C15H28N2O/c1-12(2)15(18)16-9-6-14(7-10-16)17-8-4-5-13(3)11-17/h12-14H,4-11H2,1-3H3. The lowest BCUT2D eigenvalue weighted by molar-refractivity contribution is -0.136. The first-order chi connectivity index (χ1) is 8.58. The molecule has 1 unspecified atom stereocenters. The number of rotatable bonds is 2. The molecule has 2 heterocycles. The number of nitrogens with zero attached hydrogens (tertiary/aromatic N) is 2. The quantitative estimate of drug-likeness (QED) is 0.753. The number of hydrogen-bond donors (Lipinski definition) is 0. The first kappa shape index (κ1) is 13.9. The summed E-state index contributed by atoms with van der Waals surface area (Å²) in [5, 5.41) is 0. The van der Waals surface area contributed by atoms with E-state index < -0.39 is 0 Å². The van der Waals surface area contributed by atoms with Crippen molar-refractivity contribution in [3.8, 4) is 0 Å². The molecular weight excluding hydrogens is 224 g/mol. The Morgan fingerprint density at radius 3 is 2.33 bits per heavy atom. The van der Waals surface area contributed by atoms with Crippen LogP contribution in [0, 0.1) is 11.8 Å². The summed E-state index contributed by atoms with van der Waals surface area (Å²) in [6.45, 7) is 10.8. The summed E-state index contributed by atoms with van der Waals surface area (Å²) < 4.78 is 0. The highest BCUT2D eigenvalue weighted by molar-refractivity contribution is 5.78. The van der Waals surface area contributed by atoms with Crippen LogP contribution < -0.4 is 0 Å². The van der Waals surface area contributed by atoms with Crippen molar-refractivity contribution in [3.63, 3.8) is 0 Å². The first-order valence-electron chi connectivity index (χ1n) is 7.60. The molecule has 3 nitrogen and oxygen atoms in total. The number of carbonyl (C=O) groups is 1. The second kappa shape index (κ2) is 6.05. The summed E-state index contributed by atoms with van der Waals surface area (Å²) in [5.74, 6) is 1.34. The molecule has 2 fully saturated rings. The Balaban J connectivity index is 1.81. The average Bonchev–Trinajstić information content (AvgIpc) is 2.38. The third kappa shape index (κ3) is 3.25. The van der Waals surface area contributed by atoms with Gasteiger partial charge in [0.1, 0.15) is 0 Å². The molecule has 2 saturated heterocycles. The van der Waals surface area contributed by atoms with Gasteiger partial charge in [0.15, 0.2) is 0 Å². The van der Waals surface area contributed by atoms with E-state index in [2.05, 4.69) is 16.7 Å². The lowest BCUT2D eigenvalue weighted by Crippen LogP contribution is -2.50. The molecule has 3 heteroatoms. The van der Waals surface area contributed by atoms with Crippen molar-refractivity contribution in [2.45, 2.75) is 52.5 Å². The van der Waals surface area contributed by atoms with E-state index in [1.54, 1.807) is 0 Å². The first-order valence-corrected chi connectivity index (χ1v) is 7.60. The molecule has 0 aromatic rings. The molecular formula is C15H28N2O. The van der Waals surface area contributed by atoms with Gasteiger partial charge in [-0.25, -0.2) is 0 Å². The van der Waals surface area contributed by atoms with Crippen LogP contribution in [0.3, 0.4) is 0 Å². The molecule has 1 atom stereocenters. The summed E-state index contributed by atoms with van der Waals surface area (Å²) >= 11 is 0. The van der Waals surface area contributed by atoms with Crippen LogP contribution in [0.2, 0.25) is 0 Å². The van der Waals surface area contributed by atoms with Gasteiger partial charge in [0.2, 0.25) is 5.91 Å². The molecule has 0 N–H and O–H groups in total. The van der Waals surface area contributed by atoms with Crippen LogP contribution in [0.1, 0.15) is 46.5 Å². The molecule has 2 aliphatic rings. The minimum absolute atomic E-state index is 0.150. The average molecular weight is 252 g/mol. The molecule has 0 saturated carbocycles. The Kier molecular flexibility index (Phi) is 4.66. The SMILES string of the molecule is CC1CCCN(C2CCN(C(=O)C(C)C)CC2)C1. The lowest BCUT2D eigenvalue weighted by atomic mass is 9.95. The maximum Gasteiger partial charge on any atom is 0.225 e. The summed E-state index contributed by atoms with van der Waals surface area (Å²) in [7, 11) is 0. The second-order valence-corrected chi connectivity index (χ2v) is 6.45. The zero-order chi connectivity index (χ0) is 13.1. The van der Waals surface area contributed by atoms with Crippen molar-refractivity contribution in [1.29, 1.82) is 0 Å². The molecule has 18 heavy (non-hydrogen) atoms. The predicted octanol–water partition coefficient (Wildman–Crippen LogP) is 2.37. The predicted molar refractivity (Wildman–Crippen MR) is 74.4 cm³/mol. The van der Waals surface area contributed by atoms with E-state index in [-0.39, 0.29) is 5.92 Å². The highest BCUT2D eigenvalue weighted by atomic mass is 16.2. The topological polar surface area (TPSA) is 23.6 Å². The highest BCUT2D eigenvalue weighted by Gasteiger charge is 2.29. The minimum atomic E-state index is 0.150. The van der Waals surface area contributed by atoms with Gasteiger partial charge in [0.05, 0.1) is 0 Å². The van der Waals surface area contributed by atoms with E-state index in [0.717, 1.165) is 25.0 Å². The van der Waals surface area contributed by atoms with Gasteiger partial charge in [-0.2, -0.15) is 0 Å². The Morgan fingerprint density at radius 1 is 1.11 bits per heavy atom. The number of carbonyl (C=O) groups excluding carboxylic acids is 1. The Morgan fingerprint density at radius 2 is 1.78 bits per heavy atom. The van der Waals surface area contributed by atoms with Crippen LogP contribution in [-0.2, 0) is 4.79 Å². The van der Waals surface area contributed by atoms with E-state index >= 15 is 0 Å². The summed E-state index contributed by atoms with van der Waals surface area (Å²) in [6.07, 6.45) is 5.09. The molecule has 2 aliphatic heterocycles. The molecule has 1 amide bonds. The Hall–Kier alpha value is -0.570. The van der Waals surface area contributed by atoms with E-state index in [1.165, 1.54) is 38.8 Å². The molecule has 0 bridgehead atoms. The number of hydrogen-bond acceptors (Lipinski definition) is 2. The van der Waals surface area contributed by atoms with Crippen molar-refractivity contribution in [3.05, 3.63) is 0 Å². The van der Waals surface area contributed by atoms with E-state index in [4.69, 9.17) is 0 Å². The van der Waals surface area contributed by atoms with Crippen molar-refractivity contribution < 1.29 is 4.79 Å². The summed E-state index contributed by atoms with van der Waals surface area (Å²) in [4.78, 5) is 16.7. The molecule has 0 spiro atoms. The zero-order valence-electron chi connectivity index (χ0n) is 12.2. The molecule has 0 radical (unpaired) electrons. The molecule has 104 valence electrons. The van der Waals surface area contributed by atoms with Gasteiger partial charge in [-0.05, 0) is 38.1 Å². The van der Waals surface area contributed by atoms with Gasteiger partial charge in [-0.15, -0.1) is 0 Å². The zero-order valence-corrected chi connectivity index (χ0v) is 12.2. The number of likely N-dealkylation sites (tertiary alicyclic amines) is 2. The van der Waals surface area contributed by atoms with Crippen LogP contribution in [-0.4, -0.2) is 47.9 Å². The Labute approximate surface area is 112 Å². The Bertz CT molecular complexity index is 282. The van der Waals surface area contributed by atoms with E-state index in [9.17, 15) is 4.79 Å². The van der Waals surface area contributed by atoms with Crippen molar-refractivity contribution >= 4 is 5.91 Å². The summed E-state index contributed by atoms with van der Waals surface area (Å²) in [5.41, 5.74) is 0. The molecule has 2 rings (SSSR count). The van der Waals surface area contributed by atoms with Gasteiger partial charge in [-0.1, -0.05) is 20.8 Å². The van der Waals surface area contributed by atoms with Gasteiger partial charge in [0, 0.05) is 31.6 Å². The van der Waals surface area contributed by atoms with Crippen molar-refractivity contribution in [2.24, 2.45) is 11.8 Å². The van der Waals surface area contributed by atoms with Crippen molar-refractivity contribution in [2.75, 3.05) is 26.2 Å². The van der Waals surface area contributed by atoms with Crippen LogP contribution in [0.25, 0.3) is 0 Å². The van der Waals surface area contributed by atoms with Crippen LogP contribution in [0.4, 0.5) is 0 Å². The van der Waals surface area contributed by atoms with Crippen LogP contribution in [0.5, 0.6) is 0 Å². The maximum atomic E-state index is 11.9. The molecule has 0 aromatic heterocycles. The fourth-order valence-electron chi connectivity index (χ4n) is 3.37. The molecule has 0 aromatic carbocycles. The fraction of sp³-hybridized carbons (Fsp3) is 0.933. The van der Waals surface area contributed by atoms with Gasteiger partial charge in [0.25, 0.3) is 0 Å². The van der Waals surface area contributed by atoms with Crippen molar-refractivity contribution in [1.82, 2.24) is 9.80 Å². The fourth-order valence-corrected chi connectivity index (χ4v) is 3.37. The van der Waals surface area contributed by atoms with Gasteiger partial charge in [-0.3, -0.25) is 9.69 Å². The molecule has 0 aliphatic carbocycles. The number of piperidine rings is 2. The maximum absolute atomic E-state index is 11.9. The second-order valence-electron chi connectivity index (χ2n) is 6.45. The van der Waals surface area contributed by atoms with E-state index in [1.807, 2.05) is 13.8 Å². The summed E-state index contributed by atoms with van der Waals surface area (Å²) in [6, 6.07) is 0.726. The van der Waals surface area contributed by atoms with E-state index in [0.29, 0.717) is 5.91 Å². The monoisotopic (exact) mass is 252 g/mol.